The van der Waals surface area contributed by atoms with Crippen LogP contribution < -0.4 is 5.32 Å². The fourth-order valence-corrected chi connectivity index (χ4v) is 11.2. The van der Waals surface area contributed by atoms with Crippen LogP contribution in [0.2, 0.25) is 0 Å². The normalized spacial score (nSPS) is 37.5. The molecule has 2 aromatic carbocycles. The van der Waals surface area contributed by atoms with Gasteiger partial charge >= 0.3 is 12.2 Å². The Kier molecular flexibility index (Phi) is 8.03. The molecule has 49 heavy (non-hydrogen) atoms. The molecule has 3 fully saturated rings. The van der Waals surface area contributed by atoms with E-state index in [-0.39, 0.29) is 35.4 Å². The molecule has 2 amide bonds. The highest BCUT2D eigenvalue weighted by Gasteiger charge is 2.74. The third-order valence-electron chi connectivity index (χ3n) is 13.7. The first kappa shape index (κ1) is 34.0. The van der Waals surface area contributed by atoms with Crippen LogP contribution in [0.5, 0.6) is 0 Å². The van der Waals surface area contributed by atoms with Crippen LogP contribution >= 0.6 is 0 Å². The second-order valence-corrected chi connectivity index (χ2v) is 15.9. The number of hydrogen-bond acceptors (Lipinski definition) is 4. The summed E-state index contributed by atoms with van der Waals surface area (Å²) in [7, 11) is 0. The lowest BCUT2D eigenvalue weighted by Crippen LogP contribution is -2.67. The van der Waals surface area contributed by atoms with E-state index in [9.17, 15) is 33.0 Å². The summed E-state index contributed by atoms with van der Waals surface area (Å²) in [5.74, 6) is -0.610. The van der Waals surface area contributed by atoms with Crippen LogP contribution in [0.25, 0.3) is 0 Å². The third-order valence-corrected chi connectivity index (χ3v) is 13.7. The molecule has 262 valence electrons. The number of Topliss-reactive ketones (excluding diaryl/α,β-unsaturated/α-hetero) is 1. The number of rotatable bonds is 7. The van der Waals surface area contributed by atoms with Gasteiger partial charge < -0.3 is 20.4 Å². The second-order valence-electron chi connectivity index (χ2n) is 15.9. The number of alkyl halides is 3. The van der Waals surface area contributed by atoms with Gasteiger partial charge in [-0.2, -0.15) is 13.2 Å². The van der Waals surface area contributed by atoms with Crippen molar-refractivity contribution in [3.8, 4) is 0 Å². The van der Waals surface area contributed by atoms with Crippen molar-refractivity contribution in [2.45, 2.75) is 90.0 Å². The first-order valence-corrected chi connectivity index (χ1v) is 17.8. The Morgan fingerprint density at radius 2 is 1.63 bits per heavy atom. The van der Waals surface area contributed by atoms with Crippen LogP contribution in [-0.4, -0.2) is 51.7 Å². The maximum absolute atomic E-state index is 14.7. The molecular weight excluding hydrogens is 629 g/mol. The van der Waals surface area contributed by atoms with E-state index in [0.29, 0.717) is 62.8 Å². The van der Waals surface area contributed by atoms with E-state index >= 15 is 0 Å². The number of halogens is 3. The van der Waals surface area contributed by atoms with E-state index in [0.717, 1.165) is 18.6 Å². The number of benzene rings is 2. The molecule has 8 rings (SSSR count). The standard InChI is InChI=1S/C40H47F3N2O4/c1-4-21-45(34(48)44-28-11-6-5-7-12-28)25-38(49)18-15-32-36(38,3)17-14-31-35(2)16-13-29(46)23-37(35)19-20-39(31,32)30(24-37)33(47)26-9-8-10-27(22-26)40(41,42)43/h5-12,19-20,22,24,29,31-32,46,49H,4,13-18,21,23,25H2,1-3H3,(H,44,48). The molecule has 6 nitrogen and oxygen atoms in total. The van der Waals surface area contributed by atoms with Gasteiger partial charge in [0.05, 0.1) is 23.8 Å². The number of nitrogens with zero attached hydrogens (tertiary/aromatic N) is 1. The number of anilines is 1. The molecule has 0 heterocycles. The maximum Gasteiger partial charge on any atom is 0.416 e. The number of urea groups is 1. The topological polar surface area (TPSA) is 89.9 Å². The zero-order valence-electron chi connectivity index (χ0n) is 28.5. The quantitative estimate of drug-likeness (QED) is 0.203. The summed E-state index contributed by atoms with van der Waals surface area (Å²) in [5, 5.41) is 26.7. The van der Waals surface area contributed by atoms with Gasteiger partial charge in [0.25, 0.3) is 0 Å². The summed E-state index contributed by atoms with van der Waals surface area (Å²) in [6.45, 7) is 6.95. The van der Waals surface area contributed by atoms with E-state index < -0.39 is 45.5 Å². The minimum Gasteiger partial charge on any atom is -0.393 e. The van der Waals surface area contributed by atoms with Crippen LogP contribution in [0.3, 0.4) is 0 Å². The van der Waals surface area contributed by atoms with E-state index in [1.54, 1.807) is 4.90 Å². The number of para-hydroxylation sites is 1. The van der Waals surface area contributed by atoms with E-state index in [1.807, 2.05) is 43.3 Å². The van der Waals surface area contributed by atoms with Crippen molar-refractivity contribution in [3.05, 3.63) is 89.5 Å². The highest BCUT2D eigenvalue weighted by molar-refractivity contribution is 6.10. The molecule has 6 aliphatic rings. The SMILES string of the molecule is CCCN(CC1(O)CCC2C34C=CC5(C=C3C(=O)c3cccc(C(F)(F)F)c3)CC(O)CCC5(C)C4CCC21C)C(=O)Nc1ccccc1. The molecule has 3 saturated carbocycles. The minimum absolute atomic E-state index is 0.000739. The molecule has 0 saturated heterocycles. The Bertz CT molecular complexity index is 1710. The number of ketones is 1. The van der Waals surface area contributed by atoms with Crippen LogP contribution in [0.15, 0.2) is 78.4 Å². The van der Waals surface area contributed by atoms with Gasteiger partial charge in [-0.05, 0) is 92.9 Å². The van der Waals surface area contributed by atoms with Crippen molar-refractivity contribution in [1.82, 2.24) is 4.90 Å². The molecule has 9 heteroatoms. The first-order valence-electron chi connectivity index (χ1n) is 17.8. The van der Waals surface area contributed by atoms with Gasteiger partial charge in [-0.1, -0.05) is 69.3 Å². The number of amides is 2. The Hall–Kier alpha value is -3.43. The Morgan fingerprint density at radius 1 is 0.939 bits per heavy atom. The van der Waals surface area contributed by atoms with E-state index in [4.69, 9.17) is 0 Å². The van der Waals surface area contributed by atoms with Gasteiger partial charge in [0, 0.05) is 39.6 Å². The summed E-state index contributed by atoms with van der Waals surface area (Å²) < 4.78 is 41.5. The van der Waals surface area contributed by atoms with Crippen molar-refractivity contribution < 1.29 is 33.0 Å². The monoisotopic (exact) mass is 676 g/mol. The molecule has 0 aliphatic heterocycles. The highest BCUT2D eigenvalue weighted by atomic mass is 19.4. The Balaban J connectivity index is 1.30. The van der Waals surface area contributed by atoms with Gasteiger partial charge in [-0.15, -0.1) is 0 Å². The lowest BCUT2D eigenvalue weighted by molar-refractivity contribution is -0.174. The van der Waals surface area contributed by atoms with Crippen molar-refractivity contribution in [2.75, 3.05) is 18.4 Å². The highest BCUT2D eigenvalue weighted by Crippen LogP contribution is 2.78. The smallest absolute Gasteiger partial charge is 0.393 e. The summed E-state index contributed by atoms with van der Waals surface area (Å²) in [6, 6.07) is 13.6. The molecular formula is C40H47F3N2O4. The molecule has 8 atom stereocenters. The number of aliphatic hydroxyl groups is 2. The predicted octanol–water partition coefficient (Wildman–Crippen LogP) is 8.42. The molecule has 2 spiro atoms. The average Bonchev–Trinajstić information content (AvgIpc) is 3.34. The minimum atomic E-state index is -4.59. The summed E-state index contributed by atoms with van der Waals surface area (Å²) in [4.78, 5) is 30.0. The van der Waals surface area contributed by atoms with Crippen LogP contribution in [-0.2, 0) is 6.18 Å². The van der Waals surface area contributed by atoms with Gasteiger partial charge in [0.2, 0.25) is 0 Å². The van der Waals surface area contributed by atoms with Gasteiger partial charge in [0.15, 0.2) is 5.78 Å². The molecule has 2 aromatic rings. The number of carbonyl (C=O) groups excluding carboxylic acids is 2. The largest absolute Gasteiger partial charge is 0.416 e. The molecule has 8 unspecified atom stereocenters. The average molecular weight is 677 g/mol. The number of nitrogens with one attached hydrogen (secondary N) is 1. The van der Waals surface area contributed by atoms with Crippen molar-refractivity contribution in [1.29, 1.82) is 0 Å². The van der Waals surface area contributed by atoms with Crippen LogP contribution in [0.4, 0.5) is 23.7 Å². The zero-order valence-corrected chi connectivity index (χ0v) is 28.5. The third kappa shape index (κ3) is 4.96. The number of allylic oxidation sites excluding steroid dienone is 4. The molecule has 0 aromatic heterocycles. The number of hydrogen-bond donors (Lipinski definition) is 3. The fraction of sp³-hybridized carbons (Fsp3) is 0.550. The van der Waals surface area contributed by atoms with Crippen LogP contribution in [0, 0.1) is 33.5 Å². The first-order chi connectivity index (χ1) is 23.1. The van der Waals surface area contributed by atoms with Gasteiger partial charge in [-0.3, -0.25) is 4.79 Å². The van der Waals surface area contributed by atoms with Gasteiger partial charge in [-0.25, -0.2) is 4.79 Å². The van der Waals surface area contributed by atoms with Crippen molar-refractivity contribution in [3.63, 3.8) is 0 Å². The second kappa shape index (κ2) is 11.6. The van der Waals surface area contributed by atoms with E-state index in [1.165, 1.54) is 12.1 Å². The van der Waals surface area contributed by atoms with Gasteiger partial charge in [0.1, 0.15) is 0 Å². The number of fused-ring (bicyclic) bond motifs is 1. The molecule has 3 N–H and O–H groups in total. The zero-order chi connectivity index (χ0) is 35.0. The van der Waals surface area contributed by atoms with Crippen molar-refractivity contribution >= 4 is 17.5 Å². The predicted molar refractivity (Wildman–Crippen MR) is 182 cm³/mol. The summed E-state index contributed by atoms with van der Waals surface area (Å²) >= 11 is 0. The van der Waals surface area contributed by atoms with Crippen molar-refractivity contribution in [2.24, 2.45) is 33.5 Å². The number of aliphatic hydroxyl groups excluding tert-OH is 1. The summed E-state index contributed by atoms with van der Waals surface area (Å²) in [6.07, 6.45) is 6.22. The molecule has 6 aliphatic carbocycles. The Morgan fingerprint density at radius 3 is 2.35 bits per heavy atom. The molecule has 0 radical (unpaired) electrons. The lowest BCUT2D eigenvalue weighted by atomic mass is 9.32. The molecule has 2 bridgehead atoms. The van der Waals surface area contributed by atoms with E-state index in [2.05, 4.69) is 31.3 Å². The Labute approximate surface area is 286 Å². The lowest BCUT2D eigenvalue weighted by Gasteiger charge is -2.71. The fourth-order valence-electron chi connectivity index (χ4n) is 11.2. The van der Waals surface area contributed by atoms with Crippen LogP contribution in [0.1, 0.15) is 88.1 Å². The number of carbonyl (C=O) groups is 2. The summed E-state index contributed by atoms with van der Waals surface area (Å²) in [5.41, 5.74) is -3.34. The maximum atomic E-state index is 14.7.